The Morgan fingerprint density at radius 1 is 1.00 bits per heavy atom. The summed E-state index contributed by atoms with van der Waals surface area (Å²) in [5.41, 5.74) is 1.76. The van der Waals surface area contributed by atoms with E-state index in [-0.39, 0.29) is 17.7 Å². The Labute approximate surface area is 229 Å². The molecule has 2 aromatic carbocycles. The molecule has 1 aliphatic carbocycles. The summed E-state index contributed by atoms with van der Waals surface area (Å²) in [4.78, 5) is 41.1. The van der Waals surface area contributed by atoms with Crippen LogP contribution in [0, 0.1) is 12.7 Å². The van der Waals surface area contributed by atoms with Gasteiger partial charge in [0, 0.05) is 28.2 Å². The lowest BCUT2D eigenvalue weighted by atomic mass is 9.95. The number of hydrogen-bond acceptors (Lipinski definition) is 5. The molecule has 206 valence electrons. The van der Waals surface area contributed by atoms with Crippen LogP contribution >= 0.6 is 0 Å². The van der Waals surface area contributed by atoms with E-state index < -0.39 is 46.0 Å². The summed E-state index contributed by atoms with van der Waals surface area (Å²) >= 11 is 0. The van der Waals surface area contributed by atoms with Crippen molar-refractivity contribution in [2.45, 2.75) is 51.1 Å². The topological polar surface area (TPSA) is 109 Å². The van der Waals surface area contributed by atoms with E-state index in [0.29, 0.717) is 11.4 Å². The maximum atomic E-state index is 13.7. The third-order valence-corrected chi connectivity index (χ3v) is 7.71. The van der Waals surface area contributed by atoms with Crippen molar-refractivity contribution in [3.05, 3.63) is 84.1 Å². The summed E-state index contributed by atoms with van der Waals surface area (Å²) in [6.07, 6.45) is 6.34. The van der Waals surface area contributed by atoms with Gasteiger partial charge in [-0.2, -0.15) is 0 Å². The Morgan fingerprint density at radius 2 is 1.69 bits per heavy atom. The van der Waals surface area contributed by atoms with Crippen molar-refractivity contribution < 1.29 is 27.4 Å². The van der Waals surface area contributed by atoms with Crippen LogP contribution in [0.2, 0.25) is 0 Å². The van der Waals surface area contributed by atoms with Crippen molar-refractivity contribution in [2.24, 2.45) is 0 Å². The van der Waals surface area contributed by atoms with Crippen molar-refractivity contribution >= 4 is 39.9 Å². The van der Waals surface area contributed by atoms with Crippen LogP contribution in [0.25, 0.3) is 0 Å². The molecule has 2 N–H and O–H groups in total. The number of rotatable bonds is 10. The second-order valence-electron chi connectivity index (χ2n) is 9.64. The molecule has 39 heavy (non-hydrogen) atoms. The average Bonchev–Trinajstić information content (AvgIpc) is 3.44. The second-order valence-corrected chi connectivity index (χ2v) is 11.1. The zero-order valence-corrected chi connectivity index (χ0v) is 22.5. The first-order valence-electron chi connectivity index (χ1n) is 12.9. The Hall–Kier alpha value is -3.79. The normalized spacial score (nSPS) is 15.2. The van der Waals surface area contributed by atoms with Crippen LogP contribution in [-0.2, 0) is 25.2 Å². The fourth-order valence-corrected chi connectivity index (χ4v) is 5.51. The van der Waals surface area contributed by atoms with E-state index in [1.807, 2.05) is 19.1 Å². The van der Waals surface area contributed by atoms with Gasteiger partial charge in [-0.3, -0.25) is 23.5 Å². The summed E-state index contributed by atoms with van der Waals surface area (Å²) in [6.45, 7) is 1.91. The van der Waals surface area contributed by atoms with Gasteiger partial charge < -0.3 is 15.1 Å². The van der Waals surface area contributed by atoms with Gasteiger partial charge in [-0.25, -0.2) is 4.39 Å². The zero-order chi connectivity index (χ0) is 27.8. The number of anilines is 2. The molecule has 2 atom stereocenters. The largest absolute Gasteiger partial charge is 0.467 e. The van der Waals surface area contributed by atoms with Crippen molar-refractivity contribution in [3.8, 4) is 0 Å². The highest BCUT2D eigenvalue weighted by Gasteiger charge is 2.36. The molecule has 1 heterocycles. The minimum absolute atomic E-state index is 0.00275. The van der Waals surface area contributed by atoms with Crippen LogP contribution < -0.4 is 15.5 Å². The number of benzene rings is 2. The maximum Gasteiger partial charge on any atom is 0.251 e. The lowest BCUT2D eigenvalue weighted by Crippen LogP contribution is -2.48. The molecular weight excluding hydrogens is 521 g/mol. The number of hydrogen-bond donors (Lipinski definition) is 2. The van der Waals surface area contributed by atoms with Gasteiger partial charge in [-0.1, -0.05) is 37.0 Å². The predicted octanol–water partition coefficient (Wildman–Crippen LogP) is 4.64. The van der Waals surface area contributed by atoms with Crippen LogP contribution in [0.4, 0.5) is 15.8 Å². The first-order chi connectivity index (χ1) is 18.8. The van der Waals surface area contributed by atoms with Gasteiger partial charge in [-0.15, -0.1) is 0 Å². The van der Waals surface area contributed by atoms with Gasteiger partial charge in [0.15, 0.2) is 6.04 Å². The smallest absolute Gasteiger partial charge is 0.251 e. The number of carbonyl (C=O) groups is 3. The molecule has 0 saturated heterocycles. The highest BCUT2D eigenvalue weighted by atomic mass is 32.2. The van der Waals surface area contributed by atoms with E-state index in [1.165, 1.54) is 35.4 Å². The highest BCUT2D eigenvalue weighted by Crippen LogP contribution is 2.30. The first kappa shape index (κ1) is 28.2. The predicted molar refractivity (Wildman–Crippen MR) is 148 cm³/mol. The number of nitrogens with one attached hydrogen (secondary N) is 2. The molecule has 0 bridgehead atoms. The average molecular weight is 554 g/mol. The third kappa shape index (κ3) is 7.86. The number of furan rings is 1. The Bertz CT molecular complexity index is 1290. The SMILES string of the molecule is Cc1ccc(N(C(=O)C[S@](=O)CC(=O)Nc2ccc(F)cc2)[C@H](C(=O)NC2CCCCC2)c2ccco2)cc1. The summed E-state index contributed by atoms with van der Waals surface area (Å²) in [7, 11) is -1.88. The monoisotopic (exact) mass is 553 g/mol. The van der Waals surface area contributed by atoms with Crippen LogP contribution in [0.15, 0.2) is 71.3 Å². The number of carbonyl (C=O) groups excluding carboxylic acids is 3. The fraction of sp³-hybridized carbons (Fsp3) is 0.345. The van der Waals surface area contributed by atoms with Gasteiger partial charge in [-0.05, 0) is 68.3 Å². The molecule has 4 rings (SSSR count). The van der Waals surface area contributed by atoms with Crippen molar-refractivity contribution in [1.29, 1.82) is 0 Å². The van der Waals surface area contributed by atoms with Crippen LogP contribution in [0.1, 0.15) is 49.5 Å². The molecule has 0 spiro atoms. The van der Waals surface area contributed by atoms with Crippen molar-refractivity contribution in [2.75, 3.05) is 21.7 Å². The van der Waals surface area contributed by atoms with E-state index in [0.717, 1.165) is 37.7 Å². The second kappa shape index (κ2) is 13.3. The summed E-state index contributed by atoms with van der Waals surface area (Å²) in [5, 5.41) is 5.63. The van der Waals surface area contributed by atoms with Gasteiger partial charge in [0.05, 0.1) is 6.26 Å². The molecule has 1 saturated carbocycles. The van der Waals surface area contributed by atoms with E-state index >= 15 is 0 Å². The minimum Gasteiger partial charge on any atom is -0.467 e. The third-order valence-electron chi connectivity index (χ3n) is 6.56. The van der Waals surface area contributed by atoms with Gasteiger partial charge in [0.1, 0.15) is 23.1 Å². The van der Waals surface area contributed by atoms with E-state index in [1.54, 1.807) is 24.3 Å². The van der Waals surface area contributed by atoms with Crippen molar-refractivity contribution in [3.63, 3.8) is 0 Å². The van der Waals surface area contributed by atoms with Crippen molar-refractivity contribution in [1.82, 2.24) is 5.32 Å². The fourth-order valence-electron chi connectivity index (χ4n) is 4.62. The van der Waals surface area contributed by atoms with Gasteiger partial charge in [0.2, 0.25) is 11.8 Å². The molecule has 1 fully saturated rings. The minimum atomic E-state index is -1.88. The van der Waals surface area contributed by atoms with Gasteiger partial charge >= 0.3 is 0 Å². The molecule has 3 aromatic rings. The van der Waals surface area contributed by atoms with Crippen LogP contribution in [0.3, 0.4) is 0 Å². The molecule has 3 amide bonds. The molecule has 8 nitrogen and oxygen atoms in total. The van der Waals surface area contributed by atoms with Gasteiger partial charge in [0.25, 0.3) is 5.91 Å². The molecule has 0 aliphatic heterocycles. The zero-order valence-electron chi connectivity index (χ0n) is 21.7. The number of amides is 3. The van der Waals surface area contributed by atoms with E-state index in [4.69, 9.17) is 4.42 Å². The summed E-state index contributed by atoms with van der Waals surface area (Å²) < 4.78 is 31.6. The Morgan fingerprint density at radius 3 is 2.33 bits per heavy atom. The quantitative estimate of drug-likeness (QED) is 0.380. The molecular formula is C29H32FN3O5S. The number of halogens is 1. The Kier molecular flexibility index (Phi) is 9.64. The number of nitrogens with zero attached hydrogens (tertiary/aromatic N) is 1. The molecule has 10 heteroatoms. The molecule has 0 unspecified atom stereocenters. The van der Waals surface area contributed by atoms with E-state index in [9.17, 15) is 23.0 Å². The van der Waals surface area contributed by atoms with E-state index in [2.05, 4.69) is 10.6 Å². The highest BCUT2D eigenvalue weighted by molar-refractivity contribution is 7.86. The first-order valence-corrected chi connectivity index (χ1v) is 14.4. The van der Waals surface area contributed by atoms with Crippen LogP contribution in [-0.4, -0.2) is 39.5 Å². The number of aryl methyl sites for hydroxylation is 1. The lowest BCUT2D eigenvalue weighted by molar-refractivity contribution is -0.127. The maximum absolute atomic E-state index is 13.7. The molecule has 1 aliphatic rings. The van der Waals surface area contributed by atoms with Crippen LogP contribution in [0.5, 0.6) is 0 Å². The molecule has 1 aromatic heterocycles. The summed E-state index contributed by atoms with van der Waals surface area (Å²) in [6, 6.07) is 14.4. The molecule has 0 radical (unpaired) electrons. The standard InChI is InChI=1S/C29H32FN3O5S/c1-20-9-15-24(16-10-20)33(27(35)19-39(37)18-26(34)31-23-13-11-21(30)12-14-23)28(25-8-5-17-38-25)29(36)32-22-6-3-2-4-7-22/h5,8-17,22,28H,2-4,6-7,18-19H2,1H3,(H,31,34)(H,32,36)/t28-,39+/m0/s1. The Balaban J connectivity index is 1.54. The lowest BCUT2D eigenvalue weighted by Gasteiger charge is -2.32. The summed E-state index contributed by atoms with van der Waals surface area (Å²) in [5.74, 6) is -2.65.